The lowest BCUT2D eigenvalue weighted by Crippen LogP contribution is -2.50. The van der Waals surface area contributed by atoms with E-state index < -0.39 is 11.8 Å². The van der Waals surface area contributed by atoms with Gasteiger partial charge in [0, 0.05) is 11.5 Å². The summed E-state index contributed by atoms with van der Waals surface area (Å²) < 4.78 is 0. The molecule has 0 aliphatic heterocycles. The Morgan fingerprint density at radius 1 is 0.538 bits per heavy atom. The molecule has 0 amide bonds. The van der Waals surface area contributed by atoms with Gasteiger partial charge in [0.25, 0.3) is 0 Å². The van der Waals surface area contributed by atoms with Crippen LogP contribution >= 0.6 is 0 Å². The minimum absolute atomic E-state index is 0.250. The fourth-order valence-corrected chi connectivity index (χ4v) is 4.44. The van der Waals surface area contributed by atoms with Crippen LogP contribution in [0.15, 0.2) is 0 Å². The zero-order valence-electron chi connectivity index (χ0n) is 17.6. The number of aliphatic hydroxyl groups excluding tert-OH is 1. The normalized spacial score (nSPS) is 24.8. The Labute approximate surface area is 163 Å². The Kier molecular flexibility index (Phi) is 13.7. The molecule has 0 bridgehead atoms. The van der Waals surface area contributed by atoms with E-state index in [1.54, 1.807) is 0 Å². The van der Waals surface area contributed by atoms with Crippen LogP contribution in [0.1, 0.15) is 129 Å². The molecule has 1 aliphatic rings. The lowest BCUT2D eigenvalue weighted by molar-refractivity contribution is -0.102. The van der Waals surface area contributed by atoms with Crippen LogP contribution in [0.4, 0.5) is 0 Å². The van der Waals surface area contributed by atoms with Crippen LogP contribution in [0.3, 0.4) is 0 Å². The van der Waals surface area contributed by atoms with Gasteiger partial charge in [-0.15, -0.1) is 0 Å². The lowest BCUT2D eigenvalue weighted by atomic mass is 9.77. The van der Waals surface area contributed by atoms with Gasteiger partial charge >= 0.3 is 0 Å². The molecule has 0 radical (unpaired) electrons. The molecule has 1 saturated carbocycles. The van der Waals surface area contributed by atoms with E-state index in [4.69, 9.17) is 5.73 Å². The first kappa shape index (κ1) is 23.9. The summed E-state index contributed by atoms with van der Waals surface area (Å²) in [6.45, 7) is 1.91. The number of hydrogen-bond acceptors (Lipinski definition) is 3. The molecule has 4 N–H and O–H groups in total. The maximum absolute atomic E-state index is 9.66. The molecule has 1 unspecified atom stereocenters. The molecule has 0 saturated heterocycles. The van der Waals surface area contributed by atoms with Gasteiger partial charge in [-0.3, -0.25) is 0 Å². The van der Waals surface area contributed by atoms with Crippen molar-refractivity contribution in [2.24, 2.45) is 11.7 Å². The van der Waals surface area contributed by atoms with E-state index in [2.05, 4.69) is 0 Å². The summed E-state index contributed by atoms with van der Waals surface area (Å²) in [5.41, 5.74) is 6.25. The van der Waals surface area contributed by atoms with Crippen molar-refractivity contribution in [2.45, 2.75) is 141 Å². The zero-order chi connectivity index (χ0) is 19.1. The molecule has 1 aliphatic carbocycles. The van der Waals surface area contributed by atoms with Gasteiger partial charge in [-0.25, -0.2) is 0 Å². The van der Waals surface area contributed by atoms with E-state index in [1.807, 2.05) is 6.92 Å². The average Bonchev–Trinajstić information content (AvgIpc) is 2.62. The molecule has 3 heteroatoms. The molecule has 156 valence electrons. The molecule has 26 heavy (non-hydrogen) atoms. The van der Waals surface area contributed by atoms with Crippen molar-refractivity contribution >= 4 is 0 Å². The Balaban J connectivity index is 2.42. The van der Waals surface area contributed by atoms with Crippen LogP contribution < -0.4 is 5.73 Å². The van der Waals surface area contributed by atoms with Crippen LogP contribution in [0.5, 0.6) is 0 Å². The Bertz CT molecular complexity index is 299. The molecule has 0 spiro atoms. The van der Waals surface area contributed by atoms with E-state index >= 15 is 0 Å². The predicted molar refractivity (Wildman–Crippen MR) is 112 cm³/mol. The predicted octanol–water partition coefficient (Wildman–Crippen LogP) is 6.06. The number of nitrogens with two attached hydrogens (primary N) is 1. The smallest absolute Gasteiger partial charge is 0.155 e. The highest BCUT2D eigenvalue weighted by atomic mass is 16.5. The molecule has 0 aromatic rings. The van der Waals surface area contributed by atoms with E-state index in [9.17, 15) is 10.2 Å². The van der Waals surface area contributed by atoms with Gasteiger partial charge in [-0.2, -0.15) is 0 Å². The van der Waals surface area contributed by atoms with Crippen molar-refractivity contribution in [1.29, 1.82) is 0 Å². The highest BCUT2D eigenvalue weighted by molar-refractivity contribution is 4.90. The van der Waals surface area contributed by atoms with Crippen LogP contribution in [0, 0.1) is 5.92 Å². The van der Waals surface area contributed by atoms with Crippen LogP contribution in [0.25, 0.3) is 0 Å². The largest absolute Gasteiger partial charge is 0.368 e. The zero-order valence-corrected chi connectivity index (χ0v) is 17.6. The highest BCUT2D eigenvalue weighted by Gasteiger charge is 2.34. The Hall–Kier alpha value is -0.120. The first-order chi connectivity index (χ1) is 12.6. The van der Waals surface area contributed by atoms with Gasteiger partial charge in [-0.05, 0) is 12.8 Å². The van der Waals surface area contributed by atoms with Crippen LogP contribution in [-0.2, 0) is 0 Å². The van der Waals surface area contributed by atoms with Gasteiger partial charge < -0.3 is 15.9 Å². The lowest BCUT2D eigenvalue weighted by Gasteiger charge is -2.37. The third kappa shape index (κ3) is 10.9. The quantitative estimate of drug-likeness (QED) is 0.518. The molecular weight excluding hydrogens is 322 g/mol. The van der Waals surface area contributed by atoms with Crippen LogP contribution in [-0.4, -0.2) is 22.0 Å². The summed E-state index contributed by atoms with van der Waals surface area (Å²) in [5, 5.41) is 19.3. The molecule has 0 heterocycles. The summed E-state index contributed by atoms with van der Waals surface area (Å²) in [6, 6.07) is 0. The van der Waals surface area contributed by atoms with Crippen molar-refractivity contribution in [3.63, 3.8) is 0 Å². The second-order valence-electron chi connectivity index (χ2n) is 8.95. The summed E-state index contributed by atoms with van der Waals surface area (Å²) >= 11 is 0. The summed E-state index contributed by atoms with van der Waals surface area (Å²) in [7, 11) is 0. The first-order valence-electron chi connectivity index (χ1n) is 11.7. The van der Waals surface area contributed by atoms with Gasteiger partial charge in [0.05, 0.1) is 0 Å². The van der Waals surface area contributed by atoms with Crippen molar-refractivity contribution in [1.82, 2.24) is 0 Å². The topological polar surface area (TPSA) is 66.5 Å². The summed E-state index contributed by atoms with van der Waals surface area (Å²) in [6.07, 6.45) is 23.2. The molecule has 0 aromatic heterocycles. The number of aliphatic hydroxyl groups is 2. The van der Waals surface area contributed by atoms with Crippen molar-refractivity contribution in [3.8, 4) is 0 Å². The molecule has 1 atom stereocenters. The summed E-state index contributed by atoms with van der Waals surface area (Å²) in [5.74, 6) is -0.250. The van der Waals surface area contributed by atoms with E-state index in [1.165, 1.54) is 96.3 Å². The monoisotopic (exact) mass is 369 g/mol. The standard InChI is InChI=1S/C23H47NO2/c1-21(22(25)26)23(24)19-17-15-13-11-9-7-5-3-2-4-6-8-10-12-14-16-18-20-23/h21-22,25-26H,2-20,24H2,1H3. The van der Waals surface area contributed by atoms with Crippen molar-refractivity contribution < 1.29 is 10.2 Å². The third-order valence-electron chi connectivity index (χ3n) is 6.64. The average molecular weight is 370 g/mol. The maximum atomic E-state index is 9.66. The van der Waals surface area contributed by atoms with E-state index in [0.29, 0.717) is 0 Å². The highest BCUT2D eigenvalue weighted by Crippen LogP contribution is 2.30. The van der Waals surface area contributed by atoms with E-state index in [0.717, 1.165) is 25.7 Å². The molecule has 3 nitrogen and oxygen atoms in total. The van der Waals surface area contributed by atoms with Crippen molar-refractivity contribution in [2.75, 3.05) is 0 Å². The number of hydrogen-bond donors (Lipinski definition) is 3. The van der Waals surface area contributed by atoms with Gasteiger partial charge in [0.15, 0.2) is 6.29 Å². The van der Waals surface area contributed by atoms with E-state index in [-0.39, 0.29) is 5.92 Å². The maximum Gasteiger partial charge on any atom is 0.155 e. The fraction of sp³-hybridized carbons (Fsp3) is 1.00. The fourth-order valence-electron chi connectivity index (χ4n) is 4.44. The second-order valence-corrected chi connectivity index (χ2v) is 8.95. The molecule has 1 rings (SSSR count). The molecule has 1 fully saturated rings. The van der Waals surface area contributed by atoms with Gasteiger partial charge in [0.1, 0.15) is 0 Å². The van der Waals surface area contributed by atoms with Crippen LogP contribution in [0.2, 0.25) is 0 Å². The number of rotatable bonds is 2. The minimum atomic E-state index is -1.30. The molecule has 0 aromatic carbocycles. The summed E-state index contributed by atoms with van der Waals surface area (Å²) in [4.78, 5) is 0. The van der Waals surface area contributed by atoms with Gasteiger partial charge in [0.2, 0.25) is 0 Å². The van der Waals surface area contributed by atoms with Gasteiger partial charge in [-0.1, -0.05) is 116 Å². The second kappa shape index (κ2) is 14.9. The Morgan fingerprint density at radius 2 is 0.769 bits per heavy atom. The molecular formula is C23H47NO2. The van der Waals surface area contributed by atoms with Crippen molar-refractivity contribution in [3.05, 3.63) is 0 Å². The third-order valence-corrected chi connectivity index (χ3v) is 6.64. The minimum Gasteiger partial charge on any atom is -0.368 e. The Morgan fingerprint density at radius 3 is 1.00 bits per heavy atom. The first-order valence-corrected chi connectivity index (χ1v) is 11.7. The SMILES string of the molecule is CC(C(O)O)C1(N)CCCCCCCCCCCCCCCCCCC1.